The molecule has 0 spiro atoms. The van der Waals surface area contributed by atoms with Crippen LogP contribution >= 0.6 is 12.2 Å². The van der Waals surface area contributed by atoms with Crippen LogP contribution in [0.5, 0.6) is 0 Å². The Morgan fingerprint density at radius 1 is 1.19 bits per heavy atom. The van der Waals surface area contributed by atoms with Gasteiger partial charge in [-0.05, 0) is 36.0 Å². The maximum atomic E-state index is 11.8. The fourth-order valence-electron chi connectivity index (χ4n) is 2.73. The summed E-state index contributed by atoms with van der Waals surface area (Å²) >= 11 is 5.50. The van der Waals surface area contributed by atoms with Crippen LogP contribution in [-0.4, -0.2) is 35.1 Å². The van der Waals surface area contributed by atoms with Crippen LogP contribution in [0.1, 0.15) is 5.56 Å². The quantitative estimate of drug-likeness (QED) is 0.466. The smallest absolute Gasteiger partial charge is 0.269 e. The highest BCUT2D eigenvalue weighted by Gasteiger charge is 2.29. The van der Waals surface area contributed by atoms with E-state index in [1.54, 1.807) is 23.1 Å². The SMILES string of the molecule is O=[N+]([O-])c1ccc(NC(=S)N(Cc2ccccc2)[C@H]2C=CS(=O)(=O)C2)cc1. The molecule has 140 valence electrons. The maximum absolute atomic E-state index is 11.8. The molecule has 0 bridgehead atoms. The normalized spacial score (nSPS) is 17.4. The summed E-state index contributed by atoms with van der Waals surface area (Å²) in [6.07, 6.45) is 1.63. The van der Waals surface area contributed by atoms with Gasteiger partial charge in [0.05, 0.1) is 16.7 Å². The van der Waals surface area contributed by atoms with E-state index < -0.39 is 14.8 Å². The average molecular weight is 403 g/mol. The number of anilines is 1. The molecule has 0 saturated carbocycles. The van der Waals surface area contributed by atoms with E-state index in [4.69, 9.17) is 12.2 Å². The number of sulfone groups is 1. The summed E-state index contributed by atoms with van der Waals surface area (Å²) in [6, 6.07) is 15.1. The highest BCUT2D eigenvalue weighted by atomic mass is 32.2. The van der Waals surface area contributed by atoms with Crippen molar-refractivity contribution >= 4 is 38.5 Å². The van der Waals surface area contributed by atoms with Gasteiger partial charge in [0.25, 0.3) is 5.69 Å². The molecule has 7 nitrogen and oxygen atoms in total. The van der Waals surface area contributed by atoms with Crippen LogP contribution in [0, 0.1) is 10.1 Å². The van der Waals surface area contributed by atoms with Gasteiger partial charge in [-0.25, -0.2) is 8.42 Å². The van der Waals surface area contributed by atoms with E-state index in [0.717, 1.165) is 5.56 Å². The second-order valence-electron chi connectivity index (χ2n) is 6.07. The number of nitrogens with one attached hydrogen (secondary N) is 1. The van der Waals surface area contributed by atoms with Gasteiger partial charge in [0.15, 0.2) is 14.9 Å². The minimum absolute atomic E-state index is 0.0163. The zero-order chi connectivity index (χ0) is 19.4. The molecule has 3 rings (SSSR count). The van der Waals surface area contributed by atoms with Crippen LogP contribution < -0.4 is 5.32 Å². The summed E-state index contributed by atoms with van der Waals surface area (Å²) < 4.78 is 23.7. The molecule has 0 unspecified atom stereocenters. The van der Waals surface area contributed by atoms with Crippen LogP contribution in [0.3, 0.4) is 0 Å². The van der Waals surface area contributed by atoms with Crippen LogP contribution in [0.2, 0.25) is 0 Å². The topological polar surface area (TPSA) is 92.6 Å². The molecule has 0 fully saturated rings. The molecule has 27 heavy (non-hydrogen) atoms. The van der Waals surface area contributed by atoms with Crippen LogP contribution in [0.4, 0.5) is 11.4 Å². The first-order valence-electron chi connectivity index (χ1n) is 8.11. The van der Waals surface area contributed by atoms with Crippen LogP contribution in [-0.2, 0) is 16.4 Å². The first kappa shape index (κ1) is 19.0. The number of thiocarbonyl (C=S) groups is 1. The van der Waals surface area contributed by atoms with Crippen molar-refractivity contribution in [1.29, 1.82) is 0 Å². The number of hydrogen-bond donors (Lipinski definition) is 1. The van der Waals surface area contributed by atoms with E-state index in [0.29, 0.717) is 17.3 Å². The van der Waals surface area contributed by atoms with Crippen molar-refractivity contribution in [3.05, 3.63) is 81.8 Å². The van der Waals surface area contributed by atoms with E-state index in [1.807, 2.05) is 30.3 Å². The molecule has 1 atom stereocenters. The predicted molar refractivity (Wildman–Crippen MR) is 108 cm³/mol. The lowest BCUT2D eigenvalue weighted by Gasteiger charge is -2.30. The molecule has 1 heterocycles. The van der Waals surface area contributed by atoms with Gasteiger partial charge >= 0.3 is 0 Å². The highest BCUT2D eigenvalue weighted by Crippen LogP contribution is 2.21. The Morgan fingerprint density at radius 2 is 1.85 bits per heavy atom. The summed E-state index contributed by atoms with van der Waals surface area (Å²) in [5.74, 6) is -0.0398. The van der Waals surface area contributed by atoms with Gasteiger partial charge in [0.2, 0.25) is 0 Å². The second-order valence-corrected chi connectivity index (χ2v) is 8.39. The minimum Gasteiger partial charge on any atom is -0.337 e. The second kappa shape index (κ2) is 7.85. The Bertz CT molecular complexity index is 973. The molecule has 0 saturated heterocycles. The third-order valence-electron chi connectivity index (χ3n) is 4.10. The van der Waals surface area contributed by atoms with Gasteiger partial charge in [0.1, 0.15) is 0 Å². The van der Waals surface area contributed by atoms with Crippen molar-refractivity contribution in [3.63, 3.8) is 0 Å². The van der Waals surface area contributed by atoms with Crippen molar-refractivity contribution in [1.82, 2.24) is 4.90 Å². The van der Waals surface area contributed by atoms with Crippen molar-refractivity contribution in [2.24, 2.45) is 0 Å². The largest absolute Gasteiger partial charge is 0.337 e. The third kappa shape index (κ3) is 4.89. The number of non-ortho nitro benzene ring substituents is 1. The summed E-state index contributed by atoms with van der Waals surface area (Å²) in [6.45, 7) is 0.435. The van der Waals surface area contributed by atoms with Crippen molar-refractivity contribution < 1.29 is 13.3 Å². The Morgan fingerprint density at radius 3 is 2.41 bits per heavy atom. The van der Waals surface area contributed by atoms with Gasteiger partial charge in [0, 0.05) is 29.8 Å². The standard InChI is InChI=1S/C18H17N3O4S2/c22-21(23)16-8-6-15(7-9-16)19-18(26)20(12-14-4-2-1-3-5-14)17-10-11-27(24,25)13-17/h1-11,17H,12-13H2,(H,19,26)/t17-/m0/s1. The first-order valence-corrected chi connectivity index (χ1v) is 10.2. The Labute approximate surface area is 162 Å². The van der Waals surface area contributed by atoms with E-state index in [2.05, 4.69) is 5.32 Å². The van der Waals surface area contributed by atoms with Crippen LogP contribution in [0.15, 0.2) is 66.1 Å². The molecular weight excluding hydrogens is 386 g/mol. The van der Waals surface area contributed by atoms with Gasteiger partial charge in [-0.2, -0.15) is 0 Å². The van der Waals surface area contributed by atoms with Gasteiger partial charge in [-0.1, -0.05) is 30.3 Å². The van der Waals surface area contributed by atoms with Crippen molar-refractivity contribution in [2.45, 2.75) is 12.6 Å². The summed E-state index contributed by atoms with van der Waals surface area (Å²) in [7, 11) is -3.24. The van der Waals surface area contributed by atoms with E-state index in [9.17, 15) is 18.5 Å². The maximum Gasteiger partial charge on any atom is 0.269 e. The minimum atomic E-state index is -3.24. The number of nitrogens with zero attached hydrogens (tertiary/aromatic N) is 2. The number of nitro groups is 1. The highest BCUT2D eigenvalue weighted by molar-refractivity contribution is 7.94. The van der Waals surface area contributed by atoms with E-state index in [-0.39, 0.29) is 17.5 Å². The van der Waals surface area contributed by atoms with Crippen LogP contribution in [0.25, 0.3) is 0 Å². The molecule has 9 heteroatoms. The lowest BCUT2D eigenvalue weighted by Crippen LogP contribution is -2.42. The van der Waals surface area contributed by atoms with Gasteiger partial charge in [-0.15, -0.1) is 0 Å². The fourth-order valence-corrected chi connectivity index (χ4v) is 4.35. The number of rotatable bonds is 5. The monoisotopic (exact) mass is 403 g/mol. The molecule has 1 N–H and O–H groups in total. The zero-order valence-corrected chi connectivity index (χ0v) is 15.8. The molecule has 0 amide bonds. The third-order valence-corrected chi connectivity index (χ3v) is 5.81. The molecule has 0 radical (unpaired) electrons. The summed E-state index contributed by atoms with van der Waals surface area (Å²) in [4.78, 5) is 12.1. The summed E-state index contributed by atoms with van der Waals surface area (Å²) in [5, 5.41) is 15.4. The first-order chi connectivity index (χ1) is 12.8. The van der Waals surface area contributed by atoms with Gasteiger partial charge < -0.3 is 10.2 Å². The van der Waals surface area contributed by atoms with Gasteiger partial charge in [-0.3, -0.25) is 10.1 Å². The number of hydrogen-bond acceptors (Lipinski definition) is 5. The molecule has 2 aromatic rings. The predicted octanol–water partition coefficient (Wildman–Crippen LogP) is 3.10. The van der Waals surface area contributed by atoms with Crippen molar-refractivity contribution in [3.8, 4) is 0 Å². The average Bonchev–Trinajstić information content (AvgIpc) is 3.00. The van der Waals surface area contributed by atoms with E-state index >= 15 is 0 Å². The Kier molecular flexibility index (Phi) is 5.52. The molecular formula is C18H17N3O4S2. The summed E-state index contributed by atoms with van der Waals surface area (Å²) in [5.41, 5.74) is 1.56. The fraction of sp³-hybridized carbons (Fsp3) is 0.167. The molecule has 2 aromatic carbocycles. The molecule has 1 aliphatic heterocycles. The van der Waals surface area contributed by atoms with E-state index in [1.165, 1.54) is 17.5 Å². The molecule has 0 aromatic heterocycles. The lowest BCUT2D eigenvalue weighted by atomic mass is 10.2. The molecule has 0 aliphatic carbocycles. The van der Waals surface area contributed by atoms with Crippen molar-refractivity contribution in [2.75, 3.05) is 11.1 Å². The number of benzene rings is 2. The number of nitro benzene ring substituents is 1. The Balaban J connectivity index is 1.80. The Hall–Kier alpha value is -2.78. The molecule has 1 aliphatic rings. The lowest BCUT2D eigenvalue weighted by molar-refractivity contribution is -0.384. The zero-order valence-electron chi connectivity index (χ0n) is 14.2.